The molecule has 0 saturated heterocycles. The van der Waals surface area contributed by atoms with Gasteiger partial charge >= 0.3 is 0 Å². The molecule has 0 aliphatic heterocycles. The third-order valence-electron chi connectivity index (χ3n) is 2.54. The van der Waals surface area contributed by atoms with Gasteiger partial charge in [-0.3, -0.25) is 4.79 Å². The zero-order chi connectivity index (χ0) is 14.4. The number of rotatable bonds is 4. The Labute approximate surface area is 113 Å². The van der Waals surface area contributed by atoms with Crippen LogP contribution in [0.2, 0.25) is 0 Å². The lowest BCUT2D eigenvalue weighted by Crippen LogP contribution is -2.15. The first-order valence-electron chi connectivity index (χ1n) is 5.78. The number of benzene rings is 1. The Balaban J connectivity index is 3.20. The second kappa shape index (κ2) is 6.37. The molecular formula is C15H15N3O. The van der Waals surface area contributed by atoms with Crippen LogP contribution in [0.3, 0.4) is 0 Å². The van der Waals surface area contributed by atoms with Crippen molar-refractivity contribution in [3.63, 3.8) is 0 Å². The summed E-state index contributed by atoms with van der Waals surface area (Å²) in [6, 6.07) is 10.7. The molecule has 1 rings (SSSR count). The van der Waals surface area contributed by atoms with E-state index in [1.54, 1.807) is 31.1 Å². The van der Waals surface area contributed by atoms with E-state index in [1.165, 1.54) is 6.20 Å². The maximum Gasteiger partial charge on any atom is 0.192 e. The highest BCUT2D eigenvalue weighted by atomic mass is 16.1. The molecule has 0 unspecified atom stereocenters. The molecule has 0 amide bonds. The van der Waals surface area contributed by atoms with Crippen molar-refractivity contribution in [2.24, 2.45) is 5.92 Å². The third kappa shape index (κ3) is 3.69. The number of nitrogens with zero attached hydrogens (tertiary/aromatic N) is 3. The van der Waals surface area contributed by atoms with Crippen LogP contribution in [-0.2, 0) is 0 Å². The lowest BCUT2D eigenvalue weighted by Gasteiger charge is -2.11. The van der Waals surface area contributed by atoms with Gasteiger partial charge in [0.15, 0.2) is 11.7 Å². The number of nitriles is 2. The minimum absolute atomic E-state index is 0.193. The second-order valence-electron chi connectivity index (χ2n) is 4.43. The minimum Gasteiger partial charge on any atom is -0.383 e. The summed E-state index contributed by atoms with van der Waals surface area (Å²) in [7, 11) is 3.49. The van der Waals surface area contributed by atoms with Crippen molar-refractivity contribution in [3.8, 4) is 12.1 Å². The molecule has 4 heteroatoms. The Morgan fingerprint density at radius 3 is 2.16 bits per heavy atom. The van der Waals surface area contributed by atoms with E-state index in [0.717, 1.165) is 5.56 Å². The monoisotopic (exact) mass is 253 g/mol. The van der Waals surface area contributed by atoms with Crippen molar-refractivity contribution < 1.29 is 4.79 Å². The van der Waals surface area contributed by atoms with Crippen LogP contribution in [0.5, 0.6) is 0 Å². The summed E-state index contributed by atoms with van der Waals surface area (Å²) in [5, 5.41) is 17.9. The molecule has 0 N–H and O–H groups in total. The van der Waals surface area contributed by atoms with Gasteiger partial charge in [0.25, 0.3) is 0 Å². The number of ketones is 1. The molecular weight excluding hydrogens is 238 g/mol. The molecule has 0 bridgehead atoms. The molecule has 96 valence electrons. The molecule has 0 spiro atoms. The molecule has 4 nitrogen and oxygen atoms in total. The average molecular weight is 253 g/mol. The average Bonchev–Trinajstić information content (AvgIpc) is 2.38. The third-order valence-corrected chi connectivity index (χ3v) is 2.54. The van der Waals surface area contributed by atoms with Crippen LogP contribution in [0.1, 0.15) is 15.9 Å². The van der Waals surface area contributed by atoms with Crippen molar-refractivity contribution in [1.29, 1.82) is 10.5 Å². The topological polar surface area (TPSA) is 67.9 Å². The Morgan fingerprint density at radius 1 is 1.21 bits per heavy atom. The fraction of sp³-hybridized carbons (Fsp3) is 0.267. The zero-order valence-corrected chi connectivity index (χ0v) is 11.2. The Morgan fingerprint density at radius 2 is 1.74 bits per heavy atom. The highest BCUT2D eigenvalue weighted by Crippen LogP contribution is 2.17. The number of carbonyl (C=O) groups is 1. The molecule has 0 radical (unpaired) electrons. The first-order chi connectivity index (χ1) is 8.99. The van der Waals surface area contributed by atoms with E-state index in [4.69, 9.17) is 10.5 Å². The number of hydrogen-bond acceptors (Lipinski definition) is 4. The first-order valence-corrected chi connectivity index (χ1v) is 5.78. The molecule has 0 aromatic heterocycles. The van der Waals surface area contributed by atoms with Crippen LogP contribution in [-0.4, -0.2) is 24.8 Å². The number of Topliss-reactive ketones (excluding diaryl/α,β-unsaturated/α-hetero) is 1. The van der Waals surface area contributed by atoms with Crippen LogP contribution < -0.4 is 0 Å². The smallest absolute Gasteiger partial charge is 0.192 e. The van der Waals surface area contributed by atoms with Crippen LogP contribution in [0.25, 0.3) is 0 Å². The summed E-state index contributed by atoms with van der Waals surface area (Å²) in [6.07, 6.45) is 1.53. The fourth-order valence-electron chi connectivity index (χ4n) is 1.58. The van der Waals surface area contributed by atoms with E-state index in [-0.39, 0.29) is 11.4 Å². The maximum absolute atomic E-state index is 12.4. The quantitative estimate of drug-likeness (QED) is 0.610. The van der Waals surface area contributed by atoms with Crippen molar-refractivity contribution >= 4 is 5.78 Å². The van der Waals surface area contributed by atoms with Crippen LogP contribution >= 0.6 is 0 Å². The van der Waals surface area contributed by atoms with Gasteiger partial charge in [-0.1, -0.05) is 29.8 Å². The van der Waals surface area contributed by atoms with Gasteiger partial charge in [-0.25, -0.2) is 0 Å². The number of allylic oxidation sites excluding steroid dienone is 1. The molecule has 0 aliphatic rings. The van der Waals surface area contributed by atoms with Gasteiger partial charge in [-0.15, -0.1) is 0 Å². The van der Waals surface area contributed by atoms with Gasteiger partial charge in [-0.2, -0.15) is 10.5 Å². The van der Waals surface area contributed by atoms with E-state index in [0.29, 0.717) is 5.56 Å². The van der Waals surface area contributed by atoms with Crippen LogP contribution in [0, 0.1) is 35.5 Å². The molecule has 1 aromatic carbocycles. The minimum atomic E-state index is -1.06. The van der Waals surface area contributed by atoms with Gasteiger partial charge in [0, 0.05) is 31.4 Å². The van der Waals surface area contributed by atoms with Gasteiger partial charge in [0.05, 0.1) is 12.1 Å². The Bertz CT molecular complexity index is 557. The van der Waals surface area contributed by atoms with Gasteiger partial charge in [0.1, 0.15) is 0 Å². The maximum atomic E-state index is 12.4. The predicted molar refractivity (Wildman–Crippen MR) is 72.0 cm³/mol. The van der Waals surface area contributed by atoms with E-state index in [9.17, 15) is 4.79 Å². The van der Waals surface area contributed by atoms with Crippen molar-refractivity contribution in [2.75, 3.05) is 14.1 Å². The van der Waals surface area contributed by atoms with Gasteiger partial charge < -0.3 is 4.90 Å². The molecule has 0 aliphatic carbocycles. The van der Waals surface area contributed by atoms with E-state index in [2.05, 4.69) is 0 Å². The summed E-state index contributed by atoms with van der Waals surface area (Å²) >= 11 is 0. The highest BCUT2D eigenvalue weighted by molar-refractivity contribution is 6.09. The van der Waals surface area contributed by atoms with E-state index >= 15 is 0 Å². The summed E-state index contributed by atoms with van der Waals surface area (Å²) < 4.78 is 0. The standard InChI is InChI=1S/C15H15N3O/c1-11-4-6-12(7-5-11)15(19)14(10-18(2)3)13(8-16)9-17/h4-7,10,13H,1-3H3/b14-10+. The molecule has 0 heterocycles. The lowest BCUT2D eigenvalue weighted by atomic mass is 9.94. The SMILES string of the molecule is Cc1ccc(C(=O)/C(=C/N(C)C)C(C#N)C#N)cc1. The van der Waals surface area contributed by atoms with Crippen molar-refractivity contribution in [3.05, 3.63) is 47.2 Å². The number of hydrogen-bond donors (Lipinski definition) is 0. The normalized spacial score (nSPS) is 10.7. The largest absolute Gasteiger partial charge is 0.383 e. The van der Waals surface area contributed by atoms with Gasteiger partial charge in [0.2, 0.25) is 0 Å². The fourth-order valence-corrected chi connectivity index (χ4v) is 1.58. The van der Waals surface area contributed by atoms with Crippen molar-refractivity contribution in [2.45, 2.75) is 6.92 Å². The van der Waals surface area contributed by atoms with E-state index in [1.807, 2.05) is 31.2 Å². The number of carbonyl (C=O) groups excluding carboxylic acids is 1. The zero-order valence-electron chi connectivity index (χ0n) is 11.2. The van der Waals surface area contributed by atoms with E-state index < -0.39 is 5.92 Å². The molecule has 0 atom stereocenters. The lowest BCUT2D eigenvalue weighted by molar-refractivity contribution is 0.102. The molecule has 0 fully saturated rings. The number of aryl methyl sites for hydroxylation is 1. The summed E-state index contributed by atoms with van der Waals surface area (Å²) in [6.45, 7) is 1.93. The first kappa shape index (κ1) is 14.5. The highest BCUT2D eigenvalue weighted by Gasteiger charge is 2.22. The molecule has 19 heavy (non-hydrogen) atoms. The van der Waals surface area contributed by atoms with Gasteiger partial charge in [-0.05, 0) is 6.92 Å². The predicted octanol–water partition coefficient (Wildman–Crippen LogP) is 2.29. The summed E-state index contributed by atoms with van der Waals surface area (Å²) in [4.78, 5) is 14.0. The Kier molecular flexibility index (Phi) is 4.85. The van der Waals surface area contributed by atoms with Crippen LogP contribution in [0.4, 0.5) is 0 Å². The summed E-state index contributed by atoms with van der Waals surface area (Å²) in [5.74, 6) is -1.35. The molecule has 0 saturated carbocycles. The second-order valence-corrected chi connectivity index (χ2v) is 4.43. The Hall–Kier alpha value is -2.59. The van der Waals surface area contributed by atoms with Crippen molar-refractivity contribution in [1.82, 2.24) is 4.90 Å². The molecule has 1 aromatic rings. The van der Waals surface area contributed by atoms with Crippen LogP contribution in [0.15, 0.2) is 36.0 Å². The summed E-state index contributed by atoms with van der Waals surface area (Å²) in [5.41, 5.74) is 1.72.